The van der Waals surface area contributed by atoms with Crippen molar-refractivity contribution in [1.29, 1.82) is 0 Å². The Kier molecular flexibility index (Phi) is 2.36. The number of halogens is 2. The Morgan fingerprint density at radius 1 is 1.44 bits per heavy atom. The molecule has 0 saturated heterocycles. The van der Waals surface area contributed by atoms with Crippen molar-refractivity contribution in [2.75, 3.05) is 0 Å². The molecule has 0 bridgehead atoms. The van der Waals surface area contributed by atoms with Crippen molar-refractivity contribution in [3.63, 3.8) is 0 Å². The van der Waals surface area contributed by atoms with Crippen LogP contribution in [0.25, 0.3) is 11.0 Å². The van der Waals surface area contributed by atoms with Gasteiger partial charge in [0, 0.05) is 6.04 Å². The summed E-state index contributed by atoms with van der Waals surface area (Å²) in [4.78, 5) is 4.44. The second-order valence-corrected chi connectivity index (χ2v) is 4.52. The fraction of sp³-hybridized carbons (Fsp3) is 0.417. The van der Waals surface area contributed by atoms with Crippen LogP contribution in [0.3, 0.4) is 0 Å². The Morgan fingerprint density at radius 3 is 2.88 bits per heavy atom. The molecule has 2 aromatic rings. The number of hydrogen-bond acceptors (Lipinski definition) is 1. The highest BCUT2D eigenvalue weighted by Crippen LogP contribution is 2.35. The molecular weight excluding hydrogens is 227 g/mol. The maximum Gasteiger partial charge on any atom is 0.125 e. The van der Waals surface area contributed by atoms with E-state index in [9.17, 15) is 4.39 Å². The molecule has 0 atom stereocenters. The molecule has 0 amide bonds. The maximum absolute atomic E-state index is 13.2. The fourth-order valence-electron chi connectivity index (χ4n) is 2.26. The minimum Gasteiger partial charge on any atom is -0.324 e. The Labute approximate surface area is 98.0 Å². The third-order valence-corrected chi connectivity index (χ3v) is 3.52. The predicted molar refractivity (Wildman–Crippen MR) is 62.1 cm³/mol. The lowest BCUT2D eigenvalue weighted by atomic mass is 9.92. The summed E-state index contributed by atoms with van der Waals surface area (Å²) in [5.74, 6) is 1.02. The summed E-state index contributed by atoms with van der Waals surface area (Å²) in [6.07, 6.45) is 3.53. The van der Waals surface area contributed by atoms with Crippen molar-refractivity contribution >= 4 is 22.6 Å². The minimum absolute atomic E-state index is 0.214. The van der Waals surface area contributed by atoms with Crippen LogP contribution in [0.1, 0.15) is 31.1 Å². The van der Waals surface area contributed by atoms with E-state index in [1.165, 1.54) is 12.5 Å². The zero-order valence-electron chi connectivity index (χ0n) is 8.79. The van der Waals surface area contributed by atoms with Crippen molar-refractivity contribution in [1.82, 2.24) is 9.55 Å². The first-order valence-corrected chi connectivity index (χ1v) is 6.05. The molecular formula is C12H12ClFN2. The van der Waals surface area contributed by atoms with Crippen LogP contribution >= 0.6 is 11.6 Å². The number of hydrogen-bond donors (Lipinski definition) is 0. The topological polar surface area (TPSA) is 17.8 Å². The summed E-state index contributed by atoms with van der Waals surface area (Å²) in [6, 6.07) is 5.17. The van der Waals surface area contributed by atoms with Crippen LogP contribution in [0, 0.1) is 5.82 Å². The summed E-state index contributed by atoms with van der Waals surface area (Å²) in [7, 11) is 0. The van der Waals surface area contributed by atoms with Gasteiger partial charge in [0.2, 0.25) is 0 Å². The Hall–Kier alpha value is -1.09. The molecule has 1 aliphatic rings. The van der Waals surface area contributed by atoms with Gasteiger partial charge in [-0.25, -0.2) is 9.37 Å². The van der Waals surface area contributed by atoms with Crippen molar-refractivity contribution in [3.8, 4) is 0 Å². The van der Waals surface area contributed by atoms with Gasteiger partial charge in [0.15, 0.2) is 0 Å². The van der Waals surface area contributed by atoms with Gasteiger partial charge in [-0.05, 0) is 37.5 Å². The van der Waals surface area contributed by atoms with Crippen LogP contribution in [0.4, 0.5) is 4.39 Å². The molecule has 16 heavy (non-hydrogen) atoms. The number of imidazole rings is 1. The lowest BCUT2D eigenvalue weighted by Gasteiger charge is -2.28. The normalized spacial score (nSPS) is 16.6. The molecule has 1 aliphatic carbocycles. The first-order valence-electron chi connectivity index (χ1n) is 5.52. The number of alkyl halides is 1. The predicted octanol–water partition coefficient (Wildman–Crippen LogP) is 3.64. The van der Waals surface area contributed by atoms with Crippen molar-refractivity contribution in [2.45, 2.75) is 31.2 Å². The van der Waals surface area contributed by atoms with E-state index in [1.807, 2.05) is 0 Å². The van der Waals surface area contributed by atoms with Crippen LogP contribution < -0.4 is 0 Å². The Balaban J connectivity index is 2.23. The Morgan fingerprint density at radius 2 is 2.25 bits per heavy atom. The number of aromatic nitrogens is 2. The minimum atomic E-state index is -0.214. The molecule has 0 unspecified atom stereocenters. The fourth-order valence-corrected chi connectivity index (χ4v) is 2.45. The van der Waals surface area contributed by atoms with Gasteiger partial charge >= 0.3 is 0 Å². The number of nitrogens with zero attached hydrogens (tertiary/aromatic N) is 2. The SMILES string of the molecule is Fc1ccc2nc(CCl)n(C3CCC3)c2c1. The molecule has 1 aromatic heterocycles. The molecule has 84 valence electrons. The monoisotopic (exact) mass is 238 g/mol. The van der Waals surface area contributed by atoms with Gasteiger partial charge in [0.05, 0.1) is 16.9 Å². The molecule has 1 saturated carbocycles. The molecule has 4 heteroatoms. The molecule has 0 aliphatic heterocycles. The average Bonchev–Trinajstić information content (AvgIpc) is 2.55. The van der Waals surface area contributed by atoms with E-state index in [4.69, 9.17) is 11.6 Å². The third-order valence-electron chi connectivity index (χ3n) is 3.28. The van der Waals surface area contributed by atoms with Crippen molar-refractivity contribution < 1.29 is 4.39 Å². The molecule has 3 rings (SSSR count). The Bertz CT molecular complexity index is 531. The van der Waals surface area contributed by atoms with Gasteiger partial charge in [-0.1, -0.05) is 0 Å². The highest BCUT2D eigenvalue weighted by Gasteiger charge is 2.24. The van der Waals surface area contributed by atoms with E-state index in [0.717, 1.165) is 29.7 Å². The number of rotatable bonds is 2. The number of fused-ring (bicyclic) bond motifs is 1. The van der Waals surface area contributed by atoms with E-state index in [1.54, 1.807) is 12.1 Å². The van der Waals surface area contributed by atoms with Crippen molar-refractivity contribution in [2.24, 2.45) is 0 Å². The first-order chi connectivity index (χ1) is 7.79. The molecule has 2 nitrogen and oxygen atoms in total. The smallest absolute Gasteiger partial charge is 0.125 e. The summed E-state index contributed by atoms with van der Waals surface area (Å²) in [6.45, 7) is 0. The highest BCUT2D eigenvalue weighted by molar-refractivity contribution is 6.16. The lowest BCUT2D eigenvalue weighted by molar-refractivity contribution is 0.315. The van der Waals surface area contributed by atoms with Gasteiger partial charge in [-0.15, -0.1) is 11.6 Å². The average molecular weight is 239 g/mol. The first kappa shape index (κ1) is 10.1. The van der Waals surface area contributed by atoms with Crippen LogP contribution in [0.2, 0.25) is 0 Å². The zero-order chi connectivity index (χ0) is 11.1. The van der Waals surface area contributed by atoms with Gasteiger partial charge in [0.1, 0.15) is 11.6 Å². The van der Waals surface area contributed by atoms with Crippen LogP contribution in [0.15, 0.2) is 18.2 Å². The van der Waals surface area contributed by atoms with Gasteiger partial charge in [-0.2, -0.15) is 0 Å². The molecule has 0 N–H and O–H groups in total. The molecule has 1 fully saturated rings. The quantitative estimate of drug-likeness (QED) is 0.731. The maximum atomic E-state index is 13.2. The van der Waals surface area contributed by atoms with E-state index in [2.05, 4.69) is 9.55 Å². The van der Waals surface area contributed by atoms with Gasteiger partial charge in [0.25, 0.3) is 0 Å². The largest absolute Gasteiger partial charge is 0.324 e. The van der Waals surface area contributed by atoms with E-state index >= 15 is 0 Å². The van der Waals surface area contributed by atoms with Crippen LogP contribution in [-0.4, -0.2) is 9.55 Å². The third kappa shape index (κ3) is 1.42. The molecule has 0 spiro atoms. The summed E-state index contributed by atoms with van der Waals surface area (Å²) >= 11 is 5.89. The number of benzene rings is 1. The standard InChI is InChI=1S/C12H12ClFN2/c13-7-12-15-10-5-4-8(14)6-11(10)16(12)9-2-1-3-9/h4-6,9H,1-3,7H2. The zero-order valence-corrected chi connectivity index (χ0v) is 9.54. The summed E-state index contributed by atoms with van der Waals surface area (Å²) in [5.41, 5.74) is 1.71. The van der Waals surface area contributed by atoms with Crippen LogP contribution in [0.5, 0.6) is 0 Å². The second-order valence-electron chi connectivity index (χ2n) is 4.25. The van der Waals surface area contributed by atoms with E-state index in [0.29, 0.717) is 11.9 Å². The van der Waals surface area contributed by atoms with Crippen molar-refractivity contribution in [3.05, 3.63) is 29.8 Å². The van der Waals surface area contributed by atoms with Gasteiger partial charge in [-0.3, -0.25) is 0 Å². The summed E-state index contributed by atoms with van der Waals surface area (Å²) in [5, 5.41) is 0. The van der Waals surface area contributed by atoms with E-state index in [-0.39, 0.29) is 5.82 Å². The molecule has 1 aromatic carbocycles. The van der Waals surface area contributed by atoms with Gasteiger partial charge < -0.3 is 4.57 Å². The second kappa shape index (κ2) is 3.74. The molecule has 1 heterocycles. The molecule has 0 radical (unpaired) electrons. The summed E-state index contributed by atoms with van der Waals surface area (Å²) < 4.78 is 15.3. The van der Waals surface area contributed by atoms with E-state index < -0.39 is 0 Å². The highest BCUT2D eigenvalue weighted by atomic mass is 35.5. The lowest BCUT2D eigenvalue weighted by Crippen LogP contribution is -2.18. The van der Waals surface area contributed by atoms with Crippen LogP contribution in [-0.2, 0) is 5.88 Å².